The summed E-state index contributed by atoms with van der Waals surface area (Å²) < 4.78 is 1.15. The van der Waals surface area contributed by atoms with Gasteiger partial charge < -0.3 is 5.73 Å². The van der Waals surface area contributed by atoms with Crippen molar-refractivity contribution in [1.29, 1.82) is 0 Å². The highest BCUT2D eigenvalue weighted by molar-refractivity contribution is 14.1. The van der Waals surface area contributed by atoms with Crippen LogP contribution in [0.25, 0.3) is 0 Å². The van der Waals surface area contributed by atoms with E-state index in [4.69, 9.17) is 17.3 Å². The first-order valence-electron chi connectivity index (χ1n) is 5.28. The Morgan fingerprint density at radius 3 is 2.88 bits per heavy atom. The van der Waals surface area contributed by atoms with E-state index in [9.17, 15) is 0 Å². The van der Waals surface area contributed by atoms with Gasteiger partial charge in [-0.2, -0.15) is 0 Å². The summed E-state index contributed by atoms with van der Waals surface area (Å²) in [6, 6.07) is 6.12. The van der Waals surface area contributed by atoms with Crippen molar-refractivity contribution in [3.05, 3.63) is 42.9 Å². The second kappa shape index (κ2) is 5.54. The number of nitrogens with two attached hydrogens (primary N) is 1. The van der Waals surface area contributed by atoms with Gasteiger partial charge in [-0.3, -0.25) is 0 Å². The highest BCUT2D eigenvalue weighted by Crippen LogP contribution is 2.27. The van der Waals surface area contributed by atoms with Gasteiger partial charge in [0.15, 0.2) is 5.13 Å². The molecule has 0 aliphatic rings. The number of halogens is 2. The van der Waals surface area contributed by atoms with Gasteiger partial charge in [0.1, 0.15) is 0 Å². The molecular weight excluding hydrogens is 367 g/mol. The van der Waals surface area contributed by atoms with Crippen molar-refractivity contribution in [1.82, 2.24) is 4.98 Å². The number of nitrogens with zero attached hydrogens (tertiary/aromatic N) is 1. The SMILES string of the molecule is CCc1nc(N)sc1Cc1ccc(I)cc1Cl. The molecule has 0 aliphatic carbocycles. The Bertz CT molecular complexity index is 539. The van der Waals surface area contributed by atoms with E-state index < -0.39 is 0 Å². The molecule has 17 heavy (non-hydrogen) atoms. The van der Waals surface area contributed by atoms with Gasteiger partial charge in [0.2, 0.25) is 0 Å². The zero-order valence-corrected chi connectivity index (χ0v) is 13.1. The Morgan fingerprint density at radius 2 is 2.24 bits per heavy atom. The van der Waals surface area contributed by atoms with Crippen LogP contribution in [0.4, 0.5) is 5.13 Å². The summed E-state index contributed by atoms with van der Waals surface area (Å²) in [6.07, 6.45) is 1.72. The highest BCUT2D eigenvalue weighted by Gasteiger charge is 2.10. The van der Waals surface area contributed by atoms with E-state index in [-0.39, 0.29) is 0 Å². The van der Waals surface area contributed by atoms with Gasteiger partial charge in [0.05, 0.1) is 5.69 Å². The zero-order valence-electron chi connectivity index (χ0n) is 9.34. The van der Waals surface area contributed by atoms with Crippen LogP contribution in [0.3, 0.4) is 0 Å². The summed E-state index contributed by atoms with van der Waals surface area (Å²) in [4.78, 5) is 5.54. The fraction of sp³-hybridized carbons (Fsp3) is 0.250. The van der Waals surface area contributed by atoms with E-state index in [0.29, 0.717) is 5.13 Å². The van der Waals surface area contributed by atoms with E-state index in [1.165, 1.54) is 4.88 Å². The van der Waals surface area contributed by atoms with Crippen LogP contribution < -0.4 is 5.73 Å². The van der Waals surface area contributed by atoms with Crippen molar-refractivity contribution in [2.24, 2.45) is 0 Å². The largest absolute Gasteiger partial charge is 0.375 e. The fourth-order valence-corrected chi connectivity index (χ4v) is 3.52. The monoisotopic (exact) mass is 378 g/mol. The van der Waals surface area contributed by atoms with E-state index >= 15 is 0 Å². The summed E-state index contributed by atoms with van der Waals surface area (Å²) in [7, 11) is 0. The van der Waals surface area contributed by atoms with Gasteiger partial charge in [-0.1, -0.05) is 24.6 Å². The molecule has 90 valence electrons. The van der Waals surface area contributed by atoms with Crippen molar-refractivity contribution in [3.8, 4) is 0 Å². The van der Waals surface area contributed by atoms with Crippen molar-refractivity contribution < 1.29 is 0 Å². The third-order valence-corrected chi connectivity index (χ3v) is 4.45. The summed E-state index contributed by atoms with van der Waals surface area (Å²) in [5.41, 5.74) is 7.96. The number of aromatic nitrogens is 1. The number of anilines is 1. The molecule has 0 bridgehead atoms. The van der Waals surface area contributed by atoms with Crippen LogP contribution in [0.2, 0.25) is 5.02 Å². The first-order valence-corrected chi connectivity index (χ1v) is 7.55. The lowest BCUT2D eigenvalue weighted by Gasteiger charge is -2.04. The molecule has 1 heterocycles. The second-order valence-corrected chi connectivity index (χ2v) is 6.46. The lowest BCUT2D eigenvalue weighted by atomic mass is 10.1. The molecule has 2 aromatic rings. The lowest BCUT2D eigenvalue weighted by molar-refractivity contribution is 1.02. The van der Waals surface area contributed by atoms with Crippen LogP contribution in [-0.2, 0) is 12.8 Å². The average Bonchev–Trinajstić information content (AvgIpc) is 2.63. The molecule has 5 heteroatoms. The molecule has 0 aliphatic heterocycles. The van der Waals surface area contributed by atoms with Crippen LogP contribution in [-0.4, -0.2) is 4.98 Å². The summed E-state index contributed by atoms with van der Waals surface area (Å²) in [5.74, 6) is 0. The van der Waals surface area contributed by atoms with Crippen LogP contribution in [0, 0.1) is 3.57 Å². The minimum absolute atomic E-state index is 0.637. The number of hydrogen-bond acceptors (Lipinski definition) is 3. The Kier molecular flexibility index (Phi) is 4.27. The molecule has 1 aromatic heterocycles. The van der Waals surface area contributed by atoms with Gasteiger partial charge in [-0.25, -0.2) is 4.98 Å². The predicted octanol–water partition coefficient (Wildman–Crippen LogP) is 4.14. The molecule has 0 saturated heterocycles. The normalized spacial score (nSPS) is 10.8. The maximum Gasteiger partial charge on any atom is 0.180 e. The smallest absolute Gasteiger partial charge is 0.180 e. The van der Waals surface area contributed by atoms with E-state index in [0.717, 1.165) is 32.7 Å². The van der Waals surface area contributed by atoms with Crippen LogP contribution >= 0.6 is 45.5 Å². The maximum absolute atomic E-state index is 6.23. The molecular formula is C12H12ClIN2S. The summed E-state index contributed by atoms with van der Waals surface area (Å²) in [6.45, 7) is 2.09. The van der Waals surface area contributed by atoms with Crippen LogP contribution in [0.1, 0.15) is 23.1 Å². The molecule has 0 radical (unpaired) electrons. The molecule has 2 rings (SSSR count). The maximum atomic E-state index is 6.23. The van der Waals surface area contributed by atoms with Crippen LogP contribution in [0.5, 0.6) is 0 Å². The fourth-order valence-electron chi connectivity index (χ4n) is 1.66. The third kappa shape index (κ3) is 3.11. The van der Waals surface area contributed by atoms with Crippen molar-refractivity contribution >= 4 is 50.7 Å². The number of thiazole rings is 1. The first kappa shape index (κ1) is 13.1. The molecule has 1 aromatic carbocycles. The Hall–Kier alpha value is -0.330. The minimum atomic E-state index is 0.637. The van der Waals surface area contributed by atoms with Crippen LogP contribution in [0.15, 0.2) is 18.2 Å². The predicted molar refractivity (Wildman–Crippen MR) is 82.9 cm³/mol. The number of rotatable bonds is 3. The molecule has 0 spiro atoms. The number of benzene rings is 1. The first-order chi connectivity index (χ1) is 8.10. The van der Waals surface area contributed by atoms with E-state index in [2.05, 4.69) is 46.6 Å². The standard InChI is InChI=1S/C12H12ClIN2S/c1-2-10-11(17-12(15)16-10)5-7-3-4-8(14)6-9(7)13/h3-4,6H,2,5H2,1H3,(H2,15,16). The van der Waals surface area contributed by atoms with Gasteiger partial charge in [0.25, 0.3) is 0 Å². The van der Waals surface area contributed by atoms with Gasteiger partial charge in [-0.05, 0) is 46.7 Å². The van der Waals surface area contributed by atoms with E-state index in [1.807, 2.05) is 6.07 Å². The molecule has 2 nitrogen and oxygen atoms in total. The van der Waals surface area contributed by atoms with Crippen molar-refractivity contribution in [2.75, 3.05) is 5.73 Å². The molecule has 0 amide bonds. The molecule has 2 N–H and O–H groups in total. The molecule has 0 unspecified atom stereocenters. The van der Waals surface area contributed by atoms with E-state index in [1.54, 1.807) is 11.3 Å². The van der Waals surface area contributed by atoms with Gasteiger partial charge in [-0.15, -0.1) is 11.3 Å². The Labute approximate surface area is 123 Å². The van der Waals surface area contributed by atoms with Crippen molar-refractivity contribution in [2.45, 2.75) is 19.8 Å². The average molecular weight is 379 g/mol. The highest BCUT2D eigenvalue weighted by atomic mass is 127. The van der Waals surface area contributed by atoms with Gasteiger partial charge >= 0.3 is 0 Å². The van der Waals surface area contributed by atoms with Crippen molar-refractivity contribution in [3.63, 3.8) is 0 Å². The molecule has 0 fully saturated rings. The number of nitrogen functional groups attached to an aromatic ring is 1. The Balaban J connectivity index is 2.30. The number of aryl methyl sites for hydroxylation is 1. The Morgan fingerprint density at radius 1 is 1.47 bits per heavy atom. The minimum Gasteiger partial charge on any atom is -0.375 e. The van der Waals surface area contributed by atoms with Gasteiger partial charge in [0, 0.05) is 19.9 Å². The molecule has 0 atom stereocenters. The molecule has 0 saturated carbocycles. The lowest BCUT2D eigenvalue weighted by Crippen LogP contribution is -1.92. The quantitative estimate of drug-likeness (QED) is 0.815. The zero-order chi connectivity index (χ0) is 12.4. The third-order valence-electron chi connectivity index (χ3n) is 2.50. The summed E-state index contributed by atoms with van der Waals surface area (Å²) >= 11 is 10.0. The summed E-state index contributed by atoms with van der Waals surface area (Å²) in [5, 5.41) is 1.45. The topological polar surface area (TPSA) is 38.9 Å². The number of hydrogen-bond donors (Lipinski definition) is 1. The second-order valence-electron chi connectivity index (χ2n) is 3.69.